The van der Waals surface area contributed by atoms with Gasteiger partial charge in [0.25, 0.3) is 5.91 Å². The lowest BCUT2D eigenvalue weighted by molar-refractivity contribution is 0.0736. The van der Waals surface area contributed by atoms with Gasteiger partial charge in [0.15, 0.2) is 5.65 Å². The Morgan fingerprint density at radius 3 is 2.66 bits per heavy atom. The predicted octanol–water partition coefficient (Wildman–Crippen LogP) is 4.90. The first-order valence-corrected chi connectivity index (χ1v) is 10.0. The minimum absolute atomic E-state index is 0.0618. The van der Waals surface area contributed by atoms with Crippen LogP contribution >= 0.6 is 23.2 Å². The van der Waals surface area contributed by atoms with Crippen molar-refractivity contribution < 1.29 is 4.79 Å². The van der Waals surface area contributed by atoms with Gasteiger partial charge in [-0.05, 0) is 35.7 Å². The van der Waals surface area contributed by atoms with Crippen molar-refractivity contribution in [3.63, 3.8) is 0 Å². The minimum Gasteiger partial charge on any atom is -0.334 e. The topological polar surface area (TPSA) is 50.5 Å². The zero-order chi connectivity index (χ0) is 20.0. The van der Waals surface area contributed by atoms with E-state index in [1.54, 1.807) is 29.0 Å². The van der Waals surface area contributed by atoms with E-state index >= 15 is 0 Å². The van der Waals surface area contributed by atoms with E-state index in [4.69, 9.17) is 23.2 Å². The highest BCUT2D eigenvalue weighted by molar-refractivity contribution is 6.42. The Balaban J connectivity index is 1.52. The van der Waals surface area contributed by atoms with Crippen molar-refractivity contribution in [2.45, 2.75) is 13.0 Å². The number of carbonyl (C=O) groups excluding carboxylic acids is 1. The molecule has 1 aliphatic heterocycles. The van der Waals surface area contributed by atoms with E-state index in [0.717, 1.165) is 17.7 Å². The fraction of sp³-hybridized carbons (Fsp3) is 0.136. The van der Waals surface area contributed by atoms with Gasteiger partial charge in [0.1, 0.15) is 5.56 Å². The molecule has 5 rings (SSSR count). The first kappa shape index (κ1) is 18.2. The molecule has 0 saturated carbocycles. The van der Waals surface area contributed by atoms with Crippen LogP contribution in [0, 0.1) is 0 Å². The number of carbonyl (C=O) groups is 1. The van der Waals surface area contributed by atoms with Gasteiger partial charge in [0.05, 0.1) is 21.9 Å². The van der Waals surface area contributed by atoms with Crippen molar-refractivity contribution in [2.75, 3.05) is 6.54 Å². The maximum absolute atomic E-state index is 13.2. The van der Waals surface area contributed by atoms with Gasteiger partial charge in [-0.3, -0.25) is 4.79 Å². The quantitative estimate of drug-likeness (QED) is 0.461. The third-order valence-corrected chi connectivity index (χ3v) is 6.00. The summed E-state index contributed by atoms with van der Waals surface area (Å²) in [6.07, 6.45) is 4.12. The van der Waals surface area contributed by atoms with E-state index in [0.29, 0.717) is 34.3 Å². The summed E-state index contributed by atoms with van der Waals surface area (Å²) in [6, 6.07) is 15.5. The van der Waals surface area contributed by atoms with Gasteiger partial charge in [0, 0.05) is 24.8 Å². The first-order chi connectivity index (χ1) is 14.1. The lowest BCUT2D eigenvalue weighted by atomic mass is 9.99. The molecule has 0 spiro atoms. The molecule has 0 aliphatic carbocycles. The monoisotopic (exact) mass is 422 g/mol. The number of fused-ring (bicyclic) bond motifs is 2. The third-order valence-electron chi connectivity index (χ3n) is 5.26. The Labute approximate surface area is 177 Å². The highest BCUT2D eigenvalue weighted by atomic mass is 35.5. The van der Waals surface area contributed by atoms with Gasteiger partial charge in [-0.1, -0.05) is 53.5 Å². The molecule has 2 aromatic heterocycles. The average Bonchev–Trinajstić information content (AvgIpc) is 3.19. The standard InChI is InChI=1S/C22H16Cl2N4O/c23-18-6-5-15(11-19(18)24)20-7-9-25-21-17(12-26-28(20)21)22(29)27-10-8-14-3-1-2-4-16(14)13-27/h1-7,9,11-12H,8,10,13H2. The number of halogens is 2. The van der Waals surface area contributed by atoms with Crippen LogP contribution in [0.5, 0.6) is 0 Å². The number of benzene rings is 2. The second-order valence-corrected chi connectivity index (χ2v) is 7.81. The van der Waals surface area contributed by atoms with Crippen molar-refractivity contribution >= 4 is 34.8 Å². The molecular formula is C22H16Cl2N4O. The number of rotatable bonds is 2. The van der Waals surface area contributed by atoms with Gasteiger partial charge >= 0.3 is 0 Å². The van der Waals surface area contributed by atoms with Crippen LogP contribution in [0.25, 0.3) is 16.9 Å². The lowest BCUT2D eigenvalue weighted by Crippen LogP contribution is -2.35. The smallest absolute Gasteiger partial charge is 0.259 e. The zero-order valence-corrected chi connectivity index (χ0v) is 16.9. The molecule has 5 nitrogen and oxygen atoms in total. The van der Waals surface area contributed by atoms with Crippen LogP contribution < -0.4 is 0 Å². The number of hydrogen-bond donors (Lipinski definition) is 0. The molecule has 0 atom stereocenters. The van der Waals surface area contributed by atoms with Crippen LogP contribution in [0.2, 0.25) is 10.0 Å². The molecule has 0 fully saturated rings. The SMILES string of the molecule is O=C(c1cnn2c(-c3ccc(Cl)c(Cl)c3)ccnc12)N1CCc2ccccc2C1. The molecule has 4 aromatic rings. The number of hydrogen-bond acceptors (Lipinski definition) is 3. The largest absolute Gasteiger partial charge is 0.334 e. The van der Waals surface area contributed by atoms with Crippen LogP contribution in [0.15, 0.2) is 60.9 Å². The first-order valence-electron chi connectivity index (χ1n) is 9.26. The third kappa shape index (κ3) is 3.16. The number of nitrogens with zero attached hydrogens (tertiary/aromatic N) is 4. The summed E-state index contributed by atoms with van der Waals surface area (Å²) in [6.45, 7) is 1.28. The number of aromatic nitrogens is 3. The Hall–Kier alpha value is -2.89. The van der Waals surface area contributed by atoms with E-state index < -0.39 is 0 Å². The molecule has 0 radical (unpaired) electrons. The fourth-order valence-corrected chi connectivity index (χ4v) is 4.05. The molecule has 3 heterocycles. The molecule has 144 valence electrons. The van der Waals surface area contributed by atoms with Gasteiger partial charge < -0.3 is 4.90 Å². The molecule has 0 bridgehead atoms. The fourth-order valence-electron chi connectivity index (χ4n) is 3.76. The second-order valence-electron chi connectivity index (χ2n) is 7.00. The predicted molar refractivity (Wildman–Crippen MR) is 113 cm³/mol. The van der Waals surface area contributed by atoms with E-state index in [1.807, 2.05) is 29.2 Å². The van der Waals surface area contributed by atoms with Crippen molar-refractivity contribution in [3.05, 3.63) is 87.7 Å². The lowest BCUT2D eigenvalue weighted by Gasteiger charge is -2.28. The van der Waals surface area contributed by atoms with Crippen LogP contribution in [-0.2, 0) is 13.0 Å². The zero-order valence-electron chi connectivity index (χ0n) is 15.3. The summed E-state index contributed by atoms with van der Waals surface area (Å²) in [7, 11) is 0. The molecule has 2 aromatic carbocycles. The Bertz CT molecular complexity index is 1250. The van der Waals surface area contributed by atoms with E-state index in [-0.39, 0.29) is 5.91 Å². The van der Waals surface area contributed by atoms with Crippen LogP contribution in [-0.4, -0.2) is 31.9 Å². The maximum atomic E-state index is 13.2. The maximum Gasteiger partial charge on any atom is 0.259 e. The van der Waals surface area contributed by atoms with Gasteiger partial charge in [-0.25, -0.2) is 9.50 Å². The highest BCUT2D eigenvalue weighted by Gasteiger charge is 2.25. The Kier molecular flexibility index (Phi) is 4.49. The minimum atomic E-state index is -0.0618. The summed E-state index contributed by atoms with van der Waals surface area (Å²) in [5.41, 5.74) is 5.14. The van der Waals surface area contributed by atoms with Gasteiger partial charge in [0.2, 0.25) is 0 Å². The van der Waals surface area contributed by atoms with Crippen molar-refractivity contribution in [2.24, 2.45) is 0 Å². The van der Waals surface area contributed by atoms with Crippen molar-refractivity contribution in [1.29, 1.82) is 0 Å². The summed E-state index contributed by atoms with van der Waals surface area (Å²) in [4.78, 5) is 19.5. The van der Waals surface area contributed by atoms with Gasteiger partial charge in [-0.15, -0.1) is 0 Å². The summed E-state index contributed by atoms with van der Waals surface area (Å²) in [5, 5.41) is 5.39. The molecule has 0 saturated heterocycles. The highest BCUT2D eigenvalue weighted by Crippen LogP contribution is 2.29. The Morgan fingerprint density at radius 2 is 1.83 bits per heavy atom. The van der Waals surface area contributed by atoms with Crippen molar-refractivity contribution in [3.8, 4) is 11.3 Å². The van der Waals surface area contributed by atoms with Crippen LogP contribution in [0.1, 0.15) is 21.5 Å². The molecule has 0 N–H and O–H groups in total. The van der Waals surface area contributed by atoms with Crippen LogP contribution in [0.4, 0.5) is 0 Å². The number of amides is 1. The molecule has 0 unspecified atom stereocenters. The molecule has 7 heteroatoms. The van der Waals surface area contributed by atoms with Gasteiger partial charge in [-0.2, -0.15) is 5.10 Å². The van der Waals surface area contributed by atoms with E-state index in [1.165, 1.54) is 11.1 Å². The van der Waals surface area contributed by atoms with Crippen LogP contribution in [0.3, 0.4) is 0 Å². The van der Waals surface area contributed by atoms with E-state index in [9.17, 15) is 4.79 Å². The van der Waals surface area contributed by atoms with E-state index in [2.05, 4.69) is 22.2 Å². The summed E-state index contributed by atoms with van der Waals surface area (Å²) in [5.74, 6) is -0.0618. The molecule has 1 aliphatic rings. The second kappa shape index (κ2) is 7.17. The summed E-state index contributed by atoms with van der Waals surface area (Å²) >= 11 is 12.2. The van der Waals surface area contributed by atoms with Crippen molar-refractivity contribution in [1.82, 2.24) is 19.5 Å². The average molecular weight is 423 g/mol. The molecule has 1 amide bonds. The Morgan fingerprint density at radius 1 is 1.00 bits per heavy atom. The summed E-state index contributed by atoms with van der Waals surface area (Å²) < 4.78 is 1.67. The molecular weight excluding hydrogens is 407 g/mol. The normalized spacial score (nSPS) is 13.5. The molecule has 29 heavy (non-hydrogen) atoms.